The number of hydrogen-bond acceptors (Lipinski definition) is 1. The van der Waals surface area contributed by atoms with Crippen molar-refractivity contribution in [2.45, 2.75) is 32.6 Å². The fourth-order valence-electron chi connectivity index (χ4n) is 2.80. The van der Waals surface area contributed by atoms with Crippen LogP contribution in [-0.2, 0) is 6.42 Å². The highest BCUT2D eigenvalue weighted by Gasteiger charge is 2.02. The standard InChI is InChI=1S/C22H22IN/c1-2-3-4-5-17-6-15-22(24-16-17)20-9-7-18(8-10-20)19-11-13-21(23)14-12-19/h6-16H,2-5H2,1H3. The van der Waals surface area contributed by atoms with E-state index >= 15 is 0 Å². The molecule has 0 radical (unpaired) electrons. The molecule has 0 aliphatic heterocycles. The quantitative estimate of drug-likeness (QED) is 0.313. The Hall–Kier alpha value is -1.68. The fraction of sp³-hybridized carbons (Fsp3) is 0.227. The van der Waals surface area contributed by atoms with Crippen LogP contribution in [0.3, 0.4) is 0 Å². The van der Waals surface area contributed by atoms with Crippen LogP contribution in [-0.4, -0.2) is 4.98 Å². The van der Waals surface area contributed by atoms with E-state index in [-0.39, 0.29) is 0 Å². The molecule has 0 amide bonds. The SMILES string of the molecule is CCCCCc1ccc(-c2ccc(-c3ccc(I)cc3)cc2)nc1. The molecular weight excluding hydrogens is 405 g/mol. The largest absolute Gasteiger partial charge is 0.256 e. The molecule has 122 valence electrons. The van der Waals surface area contributed by atoms with Crippen LogP contribution in [0, 0.1) is 3.57 Å². The van der Waals surface area contributed by atoms with Crippen molar-refractivity contribution in [2.75, 3.05) is 0 Å². The van der Waals surface area contributed by atoms with Crippen LogP contribution in [0.4, 0.5) is 0 Å². The molecular formula is C22H22IN. The maximum absolute atomic E-state index is 4.64. The van der Waals surface area contributed by atoms with Crippen LogP contribution in [0.25, 0.3) is 22.4 Å². The maximum atomic E-state index is 4.64. The highest BCUT2D eigenvalue weighted by atomic mass is 127. The van der Waals surface area contributed by atoms with Crippen molar-refractivity contribution < 1.29 is 0 Å². The van der Waals surface area contributed by atoms with Gasteiger partial charge in [-0.05, 0) is 70.3 Å². The summed E-state index contributed by atoms with van der Waals surface area (Å²) >= 11 is 2.33. The summed E-state index contributed by atoms with van der Waals surface area (Å²) in [6.45, 7) is 2.24. The lowest BCUT2D eigenvalue weighted by Gasteiger charge is -2.06. The lowest BCUT2D eigenvalue weighted by Crippen LogP contribution is -1.89. The third-order valence-corrected chi connectivity index (χ3v) is 4.97. The van der Waals surface area contributed by atoms with E-state index in [0.29, 0.717) is 0 Å². The van der Waals surface area contributed by atoms with Gasteiger partial charge in [-0.2, -0.15) is 0 Å². The number of rotatable bonds is 6. The molecule has 3 rings (SSSR count). The van der Waals surface area contributed by atoms with Crippen molar-refractivity contribution >= 4 is 22.6 Å². The summed E-state index contributed by atoms with van der Waals surface area (Å²) in [5, 5.41) is 0. The second-order valence-electron chi connectivity index (χ2n) is 6.09. The molecule has 0 aliphatic carbocycles. The first-order valence-electron chi connectivity index (χ1n) is 8.57. The van der Waals surface area contributed by atoms with Gasteiger partial charge >= 0.3 is 0 Å². The Morgan fingerprint density at radius 3 is 1.96 bits per heavy atom. The highest BCUT2D eigenvalue weighted by Crippen LogP contribution is 2.24. The number of nitrogens with zero attached hydrogens (tertiary/aromatic N) is 1. The van der Waals surface area contributed by atoms with Crippen molar-refractivity contribution in [1.82, 2.24) is 4.98 Å². The third-order valence-electron chi connectivity index (χ3n) is 4.25. The zero-order chi connectivity index (χ0) is 16.8. The summed E-state index contributed by atoms with van der Waals surface area (Å²) in [7, 11) is 0. The lowest BCUT2D eigenvalue weighted by atomic mass is 10.0. The molecule has 0 bridgehead atoms. The summed E-state index contributed by atoms with van der Waals surface area (Å²) in [6.07, 6.45) is 6.97. The van der Waals surface area contributed by atoms with Crippen molar-refractivity contribution in [2.24, 2.45) is 0 Å². The molecule has 1 heterocycles. The molecule has 0 unspecified atom stereocenters. The maximum Gasteiger partial charge on any atom is 0.0702 e. The van der Waals surface area contributed by atoms with Gasteiger partial charge < -0.3 is 0 Å². The summed E-state index contributed by atoms with van der Waals surface area (Å²) in [4.78, 5) is 4.64. The number of pyridine rings is 1. The summed E-state index contributed by atoms with van der Waals surface area (Å²) < 4.78 is 1.26. The molecule has 0 atom stereocenters. The predicted octanol–water partition coefficient (Wildman–Crippen LogP) is 6.75. The minimum Gasteiger partial charge on any atom is -0.256 e. The monoisotopic (exact) mass is 427 g/mol. The fourth-order valence-corrected chi connectivity index (χ4v) is 3.16. The first-order valence-corrected chi connectivity index (χ1v) is 9.65. The Balaban J connectivity index is 1.72. The Morgan fingerprint density at radius 1 is 0.750 bits per heavy atom. The first kappa shape index (κ1) is 17.2. The molecule has 0 saturated heterocycles. The van der Waals surface area contributed by atoms with Crippen LogP contribution >= 0.6 is 22.6 Å². The van der Waals surface area contributed by atoms with Gasteiger partial charge in [0, 0.05) is 15.3 Å². The summed E-state index contributed by atoms with van der Waals surface area (Å²) in [5.74, 6) is 0. The van der Waals surface area contributed by atoms with Gasteiger partial charge in [0.1, 0.15) is 0 Å². The van der Waals surface area contributed by atoms with E-state index in [1.807, 2.05) is 6.20 Å². The second-order valence-corrected chi connectivity index (χ2v) is 7.34. The van der Waals surface area contributed by atoms with E-state index in [2.05, 4.69) is 95.2 Å². The Bertz CT molecular complexity index is 759. The van der Waals surface area contributed by atoms with Crippen molar-refractivity contribution in [3.8, 4) is 22.4 Å². The molecule has 2 aromatic carbocycles. The number of halogens is 1. The van der Waals surface area contributed by atoms with Gasteiger partial charge in [0.25, 0.3) is 0 Å². The van der Waals surface area contributed by atoms with Crippen molar-refractivity contribution in [1.29, 1.82) is 0 Å². The van der Waals surface area contributed by atoms with Gasteiger partial charge in [0.05, 0.1) is 5.69 Å². The van der Waals surface area contributed by atoms with E-state index in [9.17, 15) is 0 Å². The highest BCUT2D eigenvalue weighted by molar-refractivity contribution is 14.1. The normalized spacial score (nSPS) is 10.8. The molecule has 0 spiro atoms. The molecule has 0 saturated carbocycles. The van der Waals surface area contributed by atoms with Gasteiger partial charge in [0.2, 0.25) is 0 Å². The average Bonchev–Trinajstić information content (AvgIpc) is 2.63. The third kappa shape index (κ3) is 4.44. The first-order chi connectivity index (χ1) is 11.8. The molecule has 0 aliphatic rings. The number of unbranched alkanes of at least 4 members (excludes halogenated alkanes) is 2. The number of aryl methyl sites for hydroxylation is 1. The summed E-state index contributed by atoms with van der Waals surface area (Å²) in [5.41, 5.74) is 6.04. The van der Waals surface area contributed by atoms with Crippen molar-refractivity contribution in [3.63, 3.8) is 0 Å². The molecule has 1 nitrogen and oxygen atoms in total. The van der Waals surface area contributed by atoms with Gasteiger partial charge in [-0.1, -0.05) is 62.2 Å². The van der Waals surface area contributed by atoms with Crippen LogP contribution < -0.4 is 0 Å². The molecule has 0 fully saturated rings. The Morgan fingerprint density at radius 2 is 1.38 bits per heavy atom. The van der Waals surface area contributed by atoms with Gasteiger partial charge in [-0.3, -0.25) is 4.98 Å². The number of benzene rings is 2. The molecule has 1 aromatic heterocycles. The molecule has 24 heavy (non-hydrogen) atoms. The number of hydrogen-bond donors (Lipinski definition) is 0. The van der Waals surface area contributed by atoms with Gasteiger partial charge in [-0.15, -0.1) is 0 Å². The molecule has 0 N–H and O–H groups in total. The lowest BCUT2D eigenvalue weighted by molar-refractivity contribution is 0.716. The Kier molecular flexibility index (Phi) is 6.02. The minimum atomic E-state index is 1.04. The smallest absolute Gasteiger partial charge is 0.0702 e. The van der Waals surface area contributed by atoms with Crippen LogP contribution in [0.2, 0.25) is 0 Å². The summed E-state index contributed by atoms with van der Waals surface area (Å²) in [6, 6.07) is 21.6. The van der Waals surface area contributed by atoms with E-state index in [1.54, 1.807) is 0 Å². The zero-order valence-corrected chi connectivity index (χ0v) is 16.2. The van der Waals surface area contributed by atoms with E-state index in [4.69, 9.17) is 0 Å². The second kappa shape index (κ2) is 8.43. The van der Waals surface area contributed by atoms with Crippen molar-refractivity contribution in [3.05, 3.63) is 76.0 Å². The van der Waals surface area contributed by atoms with Gasteiger partial charge in [0.15, 0.2) is 0 Å². The number of aromatic nitrogens is 1. The van der Waals surface area contributed by atoms with E-state index < -0.39 is 0 Å². The zero-order valence-electron chi connectivity index (χ0n) is 14.0. The van der Waals surface area contributed by atoms with Crippen LogP contribution in [0.1, 0.15) is 31.7 Å². The minimum absolute atomic E-state index is 1.04. The van der Waals surface area contributed by atoms with Crippen LogP contribution in [0.5, 0.6) is 0 Å². The molecule has 3 aromatic rings. The predicted molar refractivity (Wildman–Crippen MR) is 111 cm³/mol. The van der Waals surface area contributed by atoms with Gasteiger partial charge in [-0.25, -0.2) is 0 Å². The average molecular weight is 427 g/mol. The Labute approximate surface area is 158 Å². The van der Waals surface area contributed by atoms with E-state index in [0.717, 1.165) is 12.1 Å². The topological polar surface area (TPSA) is 12.9 Å². The van der Waals surface area contributed by atoms with E-state index in [1.165, 1.54) is 45.1 Å². The van der Waals surface area contributed by atoms with Crippen LogP contribution in [0.15, 0.2) is 66.9 Å². The molecule has 2 heteroatoms.